The molecule has 0 aliphatic rings. The molecule has 0 saturated carbocycles. The van der Waals surface area contributed by atoms with Gasteiger partial charge >= 0.3 is 0 Å². The summed E-state index contributed by atoms with van der Waals surface area (Å²) in [4.78, 5) is 0. The Bertz CT molecular complexity index is 315. The summed E-state index contributed by atoms with van der Waals surface area (Å²) in [7, 11) is 0. The zero-order chi connectivity index (χ0) is 13.1. The van der Waals surface area contributed by atoms with E-state index >= 15 is 0 Å². The summed E-state index contributed by atoms with van der Waals surface area (Å²) < 4.78 is 0. The van der Waals surface area contributed by atoms with E-state index in [1.807, 2.05) is 0 Å². The van der Waals surface area contributed by atoms with Crippen LogP contribution < -0.4 is 5.32 Å². The van der Waals surface area contributed by atoms with Gasteiger partial charge in [-0.15, -0.1) is 0 Å². The van der Waals surface area contributed by atoms with E-state index in [1.165, 1.54) is 23.1 Å². The zero-order valence-corrected chi connectivity index (χ0v) is 11.8. The van der Waals surface area contributed by atoms with E-state index < -0.39 is 0 Å². The highest BCUT2D eigenvalue weighted by molar-refractivity contribution is 5.66. The van der Waals surface area contributed by atoms with Crippen LogP contribution in [0.4, 0.5) is 0 Å². The lowest BCUT2D eigenvalue weighted by Gasteiger charge is -2.09. The van der Waals surface area contributed by atoms with Crippen molar-refractivity contribution in [1.82, 2.24) is 5.32 Å². The van der Waals surface area contributed by atoms with Crippen molar-refractivity contribution in [3.63, 3.8) is 0 Å². The molecule has 0 aliphatic carbocycles. The fourth-order valence-corrected chi connectivity index (χ4v) is 1.52. The molecule has 0 atom stereocenters. The van der Waals surface area contributed by atoms with Gasteiger partial charge in [-0.05, 0) is 43.1 Å². The summed E-state index contributed by atoms with van der Waals surface area (Å²) in [6.07, 6.45) is 2.28. The Kier molecular flexibility index (Phi) is 9.46. The molecule has 0 heterocycles. The zero-order valence-electron chi connectivity index (χ0n) is 11.8. The van der Waals surface area contributed by atoms with Crippen molar-refractivity contribution in [2.45, 2.75) is 40.5 Å². The molecule has 1 N–H and O–H groups in total. The number of nitrogens with one attached hydrogen (secondary N) is 1. The fraction of sp³-hybridized carbons (Fsp3) is 0.500. The van der Waals surface area contributed by atoms with E-state index in [2.05, 4.69) is 63.9 Å². The van der Waals surface area contributed by atoms with Crippen LogP contribution in [0.15, 0.2) is 30.8 Å². The van der Waals surface area contributed by atoms with Gasteiger partial charge in [0.1, 0.15) is 0 Å². The van der Waals surface area contributed by atoms with Crippen LogP contribution in [0.5, 0.6) is 0 Å². The third-order valence-corrected chi connectivity index (χ3v) is 2.38. The maximum Gasteiger partial charge on any atom is -0.000846 e. The van der Waals surface area contributed by atoms with Crippen LogP contribution in [0.25, 0.3) is 5.57 Å². The van der Waals surface area contributed by atoms with Crippen LogP contribution in [0.3, 0.4) is 0 Å². The SMILES string of the molecule is C=C(CCNCC)c1ccccc1C.CCC. The lowest BCUT2D eigenvalue weighted by atomic mass is 10.00. The third kappa shape index (κ3) is 6.96. The normalized spacial score (nSPS) is 9.41. The van der Waals surface area contributed by atoms with Gasteiger partial charge in [0.25, 0.3) is 0 Å². The predicted octanol–water partition coefficient (Wildman–Crippen LogP) is 4.42. The molecule has 0 saturated heterocycles. The third-order valence-electron chi connectivity index (χ3n) is 2.38. The van der Waals surface area contributed by atoms with Crippen LogP contribution in [0.2, 0.25) is 0 Å². The van der Waals surface area contributed by atoms with E-state index in [0.29, 0.717) is 0 Å². The molecule has 0 unspecified atom stereocenters. The minimum absolute atomic E-state index is 1.02. The number of rotatable bonds is 5. The molecule has 0 fully saturated rings. The Labute approximate surface area is 107 Å². The second kappa shape index (κ2) is 10.1. The molecule has 0 radical (unpaired) electrons. The van der Waals surface area contributed by atoms with Crippen LogP contribution in [-0.2, 0) is 0 Å². The topological polar surface area (TPSA) is 12.0 Å². The summed E-state index contributed by atoms with van der Waals surface area (Å²) >= 11 is 0. The molecule has 0 aromatic heterocycles. The second-order valence-electron chi connectivity index (χ2n) is 4.23. The highest BCUT2D eigenvalue weighted by atomic mass is 14.8. The minimum Gasteiger partial charge on any atom is -0.317 e. The standard InChI is InChI=1S/C13H19N.C3H8/c1-4-14-10-9-12(3)13-8-6-5-7-11(13)2;1-3-2/h5-8,14H,3-4,9-10H2,1-2H3;3H2,1-2H3. The molecular formula is C16H27N. The lowest BCUT2D eigenvalue weighted by Crippen LogP contribution is -2.14. The highest BCUT2D eigenvalue weighted by Crippen LogP contribution is 2.18. The first-order valence-corrected chi connectivity index (χ1v) is 6.61. The van der Waals surface area contributed by atoms with Gasteiger partial charge in [-0.3, -0.25) is 0 Å². The van der Waals surface area contributed by atoms with Crippen molar-refractivity contribution in [1.29, 1.82) is 0 Å². The van der Waals surface area contributed by atoms with Gasteiger partial charge in [0.2, 0.25) is 0 Å². The average Bonchev–Trinajstić information content (AvgIpc) is 2.31. The van der Waals surface area contributed by atoms with Crippen molar-refractivity contribution < 1.29 is 0 Å². The Morgan fingerprint density at radius 2 is 1.76 bits per heavy atom. The summed E-state index contributed by atoms with van der Waals surface area (Å²) in [5.74, 6) is 0. The predicted molar refractivity (Wildman–Crippen MR) is 79.3 cm³/mol. The molecule has 0 aliphatic heterocycles. The van der Waals surface area contributed by atoms with Crippen molar-refractivity contribution >= 4 is 5.57 Å². The largest absolute Gasteiger partial charge is 0.317 e. The maximum atomic E-state index is 4.12. The van der Waals surface area contributed by atoms with Crippen LogP contribution in [-0.4, -0.2) is 13.1 Å². The fourth-order valence-electron chi connectivity index (χ4n) is 1.52. The second-order valence-corrected chi connectivity index (χ2v) is 4.23. The van der Waals surface area contributed by atoms with Crippen molar-refractivity contribution in [2.24, 2.45) is 0 Å². The van der Waals surface area contributed by atoms with Crippen molar-refractivity contribution in [2.75, 3.05) is 13.1 Å². The van der Waals surface area contributed by atoms with Crippen molar-refractivity contribution in [3.8, 4) is 0 Å². The number of benzene rings is 1. The Balaban J connectivity index is 0.000000770. The van der Waals surface area contributed by atoms with Crippen LogP contribution >= 0.6 is 0 Å². The Morgan fingerprint density at radius 3 is 2.29 bits per heavy atom. The monoisotopic (exact) mass is 233 g/mol. The van der Waals surface area contributed by atoms with Crippen molar-refractivity contribution in [3.05, 3.63) is 42.0 Å². The van der Waals surface area contributed by atoms with Gasteiger partial charge in [0.05, 0.1) is 0 Å². The van der Waals surface area contributed by atoms with Crippen LogP contribution in [0, 0.1) is 6.92 Å². The molecule has 0 bridgehead atoms. The first kappa shape index (κ1) is 15.9. The summed E-state index contributed by atoms with van der Waals surface area (Å²) in [5, 5.41) is 3.31. The van der Waals surface area contributed by atoms with E-state index in [4.69, 9.17) is 0 Å². The first-order chi connectivity index (χ1) is 8.17. The molecule has 1 rings (SSSR count). The first-order valence-electron chi connectivity index (χ1n) is 6.61. The number of aryl methyl sites for hydroxylation is 1. The van der Waals surface area contributed by atoms with Gasteiger partial charge in [0, 0.05) is 0 Å². The van der Waals surface area contributed by atoms with E-state index in [1.54, 1.807) is 0 Å². The smallest absolute Gasteiger partial charge is 0.000846 e. The van der Waals surface area contributed by atoms with Gasteiger partial charge in [-0.2, -0.15) is 0 Å². The number of hydrogen-bond donors (Lipinski definition) is 1. The summed E-state index contributed by atoms with van der Waals surface area (Å²) in [6.45, 7) is 14.7. The molecule has 1 nitrogen and oxygen atoms in total. The molecule has 17 heavy (non-hydrogen) atoms. The average molecular weight is 233 g/mol. The molecule has 1 aromatic rings. The maximum absolute atomic E-state index is 4.12. The Morgan fingerprint density at radius 1 is 1.18 bits per heavy atom. The van der Waals surface area contributed by atoms with Gasteiger partial charge < -0.3 is 5.32 Å². The molecule has 1 aromatic carbocycles. The molecule has 1 heteroatoms. The van der Waals surface area contributed by atoms with Gasteiger partial charge in [-0.25, -0.2) is 0 Å². The molecule has 0 spiro atoms. The van der Waals surface area contributed by atoms with Crippen LogP contribution in [0.1, 0.15) is 44.7 Å². The lowest BCUT2D eigenvalue weighted by molar-refractivity contribution is 0.732. The summed E-state index contributed by atoms with van der Waals surface area (Å²) in [6, 6.07) is 8.41. The molecule has 96 valence electrons. The number of hydrogen-bond acceptors (Lipinski definition) is 1. The van der Waals surface area contributed by atoms with Gasteiger partial charge in [0.15, 0.2) is 0 Å². The molecular weight excluding hydrogens is 206 g/mol. The van der Waals surface area contributed by atoms with Gasteiger partial charge in [-0.1, -0.05) is 58.0 Å². The van der Waals surface area contributed by atoms with E-state index in [9.17, 15) is 0 Å². The minimum atomic E-state index is 1.02. The summed E-state index contributed by atoms with van der Waals surface area (Å²) in [5.41, 5.74) is 3.84. The Hall–Kier alpha value is -1.08. The quantitative estimate of drug-likeness (QED) is 0.742. The highest BCUT2D eigenvalue weighted by Gasteiger charge is 2.00. The molecule has 0 amide bonds. The van der Waals surface area contributed by atoms with E-state index in [-0.39, 0.29) is 0 Å². The van der Waals surface area contributed by atoms with E-state index in [0.717, 1.165) is 19.5 Å².